The van der Waals surface area contributed by atoms with Crippen LogP contribution in [0.15, 0.2) is 36.5 Å². The Hall–Kier alpha value is -3.13. The van der Waals surface area contributed by atoms with Gasteiger partial charge in [0.05, 0.1) is 23.2 Å². The molecule has 3 heterocycles. The average Bonchev–Trinajstić information content (AvgIpc) is 3.03. The predicted molar refractivity (Wildman–Crippen MR) is 106 cm³/mol. The number of carbonyl (C=O) groups is 1. The highest BCUT2D eigenvalue weighted by Crippen LogP contribution is 2.28. The minimum atomic E-state index is -0.351. The number of pyridine rings is 1. The van der Waals surface area contributed by atoms with Crippen LogP contribution in [0.3, 0.4) is 0 Å². The van der Waals surface area contributed by atoms with Gasteiger partial charge in [-0.15, -0.1) is 5.10 Å². The Balaban J connectivity index is 1.50. The largest absolute Gasteiger partial charge is 0.476 e. The zero-order valence-electron chi connectivity index (χ0n) is 15.7. The number of ether oxygens (including phenoxy) is 2. The van der Waals surface area contributed by atoms with E-state index in [0.29, 0.717) is 29.8 Å². The molecule has 1 amide bonds. The molecule has 0 spiro atoms. The number of aryl methyl sites for hydroxylation is 1. The van der Waals surface area contributed by atoms with Gasteiger partial charge >= 0.3 is 0 Å². The zero-order valence-corrected chi connectivity index (χ0v) is 15.7. The van der Waals surface area contributed by atoms with Crippen LogP contribution >= 0.6 is 0 Å². The van der Waals surface area contributed by atoms with Crippen molar-refractivity contribution >= 4 is 28.2 Å². The van der Waals surface area contributed by atoms with Gasteiger partial charge in [-0.1, -0.05) is 0 Å². The lowest BCUT2D eigenvalue weighted by atomic mass is 10.0. The second-order valence-corrected chi connectivity index (χ2v) is 6.92. The van der Waals surface area contributed by atoms with Crippen molar-refractivity contribution in [3.8, 4) is 5.88 Å². The lowest BCUT2D eigenvalue weighted by Gasteiger charge is -2.21. The molecule has 0 radical (unpaired) electrons. The molecule has 1 fully saturated rings. The fourth-order valence-electron chi connectivity index (χ4n) is 3.32. The van der Waals surface area contributed by atoms with Crippen molar-refractivity contribution in [3.63, 3.8) is 0 Å². The van der Waals surface area contributed by atoms with Crippen LogP contribution in [0.2, 0.25) is 0 Å². The Kier molecular flexibility index (Phi) is 5.12. The summed E-state index contributed by atoms with van der Waals surface area (Å²) in [7, 11) is 1.85. The molecule has 8 heteroatoms. The summed E-state index contributed by atoms with van der Waals surface area (Å²) in [6.07, 6.45) is 3.56. The highest BCUT2D eigenvalue weighted by Gasteiger charge is 2.18. The summed E-state index contributed by atoms with van der Waals surface area (Å²) < 4.78 is 13.1. The van der Waals surface area contributed by atoms with Crippen molar-refractivity contribution in [1.29, 1.82) is 0 Å². The van der Waals surface area contributed by atoms with Crippen molar-refractivity contribution in [3.05, 3.63) is 42.2 Å². The van der Waals surface area contributed by atoms with E-state index in [-0.39, 0.29) is 11.6 Å². The Morgan fingerprint density at radius 3 is 2.96 bits per heavy atom. The van der Waals surface area contributed by atoms with Crippen LogP contribution < -0.4 is 15.8 Å². The van der Waals surface area contributed by atoms with Gasteiger partial charge < -0.3 is 20.5 Å². The smallest absolute Gasteiger partial charge is 0.276 e. The van der Waals surface area contributed by atoms with Gasteiger partial charge in [0.25, 0.3) is 5.91 Å². The van der Waals surface area contributed by atoms with E-state index < -0.39 is 0 Å². The molecule has 0 unspecified atom stereocenters. The third-order valence-corrected chi connectivity index (χ3v) is 4.93. The molecule has 4 rings (SSSR count). The van der Waals surface area contributed by atoms with Gasteiger partial charge in [0.1, 0.15) is 0 Å². The average molecular weight is 381 g/mol. The minimum Gasteiger partial charge on any atom is -0.476 e. The van der Waals surface area contributed by atoms with Gasteiger partial charge in [-0.2, -0.15) is 0 Å². The van der Waals surface area contributed by atoms with Crippen molar-refractivity contribution < 1.29 is 14.3 Å². The maximum absolute atomic E-state index is 12.4. The van der Waals surface area contributed by atoms with E-state index in [9.17, 15) is 4.79 Å². The molecule has 28 heavy (non-hydrogen) atoms. The summed E-state index contributed by atoms with van der Waals surface area (Å²) in [5.74, 6) is 0.750. The number of amides is 1. The SMILES string of the molecule is Cn1nc(OCC2CCOCC2)c2ccc(NC(=O)c3ncccc3N)cc21. The summed E-state index contributed by atoms with van der Waals surface area (Å²) in [5.41, 5.74) is 7.88. The number of hydrogen-bond acceptors (Lipinski definition) is 6. The molecule has 1 aromatic carbocycles. The fraction of sp³-hybridized carbons (Fsp3) is 0.350. The van der Waals surface area contributed by atoms with E-state index in [1.54, 1.807) is 16.8 Å². The number of nitrogen functional groups attached to an aromatic ring is 1. The van der Waals surface area contributed by atoms with Gasteiger partial charge in [0.15, 0.2) is 5.69 Å². The molecule has 1 saturated heterocycles. The normalized spacial score (nSPS) is 14.9. The first-order valence-electron chi connectivity index (χ1n) is 9.31. The molecular weight excluding hydrogens is 358 g/mol. The van der Waals surface area contributed by atoms with Crippen molar-refractivity contribution in [2.75, 3.05) is 30.9 Å². The maximum atomic E-state index is 12.4. The predicted octanol–water partition coefficient (Wildman–Crippen LogP) is 2.61. The van der Waals surface area contributed by atoms with Gasteiger partial charge in [0.2, 0.25) is 5.88 Å². The quantitative estimate of drug-likeness (QED) is 0.704. The van der Waals surface area contributed by atoms with E-state index in [1.807, 2.05) is 25.2 Å². The molecule has 8 nitrogen and oxygen atoms in total. The number of benzene rings is 1. The lowest BCUT2D eigenvalue weighted by molar-refractivity contribution is 0.0492. The van der Waals surface area contributed by atoms with Crippen molar-refractivity contribution in [2.45, 2.75) is 12.8 Å². The molecule has 0 atom stereocenters. The fourth-order valence-corrected chi connectivity index (χ4v) is 3.32. The minimum absolute atomic E-state index is 0.202. The first-order valence-corrected chi connectivity index (χ1v) is 9.31. The van der Waals surface area contributed by atoms with Crippen LogP contribution in [0, 0.1) is 5.92 Å². The first-order chi connectivity index (χ1) is 13.6. The van der Waals surface area contributed by atoms with Crippen LogP contribution in [0.4, 0.5) is 11.4 Å². The number of aromatic nitrogens is 3. The number of carbonyl (C=O) groups excluding carboxylic acids is 1. The number of anilines is 2. The lowest BCUT2D eigenvalue weighted by Crippen LogP contribution is -2.21. The standard InChI is InChI=1S/C20H23N5O3/c1-25-17-11-14(23-19(26)18-16(21)3-2-8-22-18)4-5-15(17)20(24-25)28-12-13-6-9-27-10-7-13/h2-5,8,11,13H,6-7,9-10,12,21H2,1H3,(H,23,26). The Bertz CT molecular complexity index is 995. The third kappa shape index (κ3) is 3.77. The van der Waals surface area contributed by atoms with Gasteiger partial charge in [-0.3, -0.25) is 9.48 Å². The van der Waals surface area contributed by atoms with Crippen LogP contribution in [0.1, 0.15) is 23.3 Å². The van der Waals surface area contributed by atoms with E-state index >= 15 is 0 Å². The molecule has 1 aliphatic rings. The highest BCUT2D eigenvalue weighted by atomic mass is 16.5. The third-order valence-electron chi connectivity index (χ3n) is 4.93. The molecule has 146 valence electrons. The Morgan fingerprint density at radius 1 is 1.36 bits per heavy atom. The second-order valence-electron chi connectivity index (χ2n) is 6.92. The highest BCUT2D eigenvalue weighted by molar-refractivity contribution is 6.06. The van der Waals surface area contributed by atoms with Gasteiger partial charge in [-0.25, -0.2) is 4.98 Å². The zero-order chi connectivity index (χ0) is 19.5. The number of nitrogens with one attached hydrogen (secondary N) is 1. The van der Waals surface area contributed by atoms with Crippen molar-refractivity contribution in [1.82, 2.24) is 14.8 Å². The second kappa shape index (κ2) is 7.85. The molecule has 0 bridgehead atoms. The molecule has 0 saturated carbocycles. The number of fused-ring (bicyclic) bond motifs is 1. The Labute approximate surface area is 162 Å². The molecule has 1 aliphatic heterocycles. The maximum Gasteiger partial charge on any atom is 0.276 e. The summed E-state index contributed by atoms with van der Waals surface area (Å²) in [4.78, 5) is 16.5. The monoisotopic (exact) mass is 381 g/mol. The van der Waals surface area contributed by atoms with E-state index in [1.165, 1.54) is 6.20 Å². The molecule has 0 aliphatic carbocycles. The number of nitrogens with zero attached hydrogens (tertiary/aromatic N) is 3. The van der Waals surface area contributed by atoms with E-state index in [2.05, 4.69) is 15.4 Å². The molecule has 3 aromatic rings. The first kappa shape index (κ1) is 18.2. The van der Waals surface area contributed by atoms with E-state index in [0.717, 1.165) is 37.0 Å². The summed E-state index contributed by atoms with van der Waals surface area (Å²) >= 11 is 0. The summed E-state index contributed by atoms with van der Waals surface area (Å²) in [6.45, 7) is 2.22. The summed E-state index contributed by atoms with van der Waals surface area (Å²) in [5, 5.41) is 8.23. The van der Waals surface area contributed by atoms with Crippen LogP contribution in [0.25, 0.3) is 10.9 Å². The van der Waals surface area contributed by atoms with Crippen molar-refractivity contribution in [2.24, 2.45) is 13.0 Å². The van der Waals surface area contributed by atoms with E-state index in [4.69, 9.17) is 15.2 Å². The Morgan fingerprint density at radius 2 is 2.18 bits per heavy atom. The molecular formula is C20H23N5O3. The topological polar surface area (TPSA) is 104 Å². The van der Waals surface area contributed by atoms with Gasteiger partial charge in [0, 0.05) is 32.1 Å². The van der Waals surface area contributed by atoms with Crippen LogP contribution in [-0.4, -0.2) is 40.5 Å². The number of rotatable bonds is 5. The molecule has 2 aromatic heterocycles. The summed E-state index contributed by atoms with van der Waals surface area (Å²) in [6, 6.07) is 8.92. The van der Waals surface area contributed by atoms with Gasteiger partial charge in [-0.05, 0) is 49.1 Å². The number of hydrogen-bond donors (Lipinski definition) is 2. The molecule has 3 N–H and O–H groups in total. The van der Waals surface area contributed by atoms with Crippen LogP contribution in [-0.2, 0) is 11.8 Å². The van der Waals surface area contributed by atoms with Crippen LogP contribution in [0.5, 0.6) is 5.88 Å². The number of nitrogens with two attached hydrogens (primary N) is 1.